The molecule has 1 aromatic carbocycles. The van der Waals surface area contributed by atoms with Crippen LogP contribution in [0.15, 0.2) is 24.3 Å². The molecule has 1 unspecified atom stereocenters. The summed E-state index contributed by atoms with van der Waals surface area (Å²) in [5, 5.41) is 0.724. The standard InChI is InChI=1S/C16H20F3S.ClH/c1-10(2)13-8-11-6-7-12(15(3,4)5)9-14(11)20(13)16(17,18)19;/h6-10H,1-5H3;1H/q+1;/p-1. The summed E-state index contributed by atoms with van der Waals surface area (Å²) in [7, 11) is -1.77. The highest BCUT2D eigenvalue weighted by Crippen LogP contribution is 2.53. The van der Waals surface area contributed by atoms with Gasteiger partial charge in [0.1, 0.15) is 0 Å². The van der Waals surface area contributed by atoms with Crippen molar-refractivity contribution in [2.24, 2.45) is 0 Å². The van der Waals surface area contributed by atoms with Gasteiger partial charge in [0.15, 0.2) is 9.58 Å². The maximum absolute atomic E-state index is 13.4. The number of hydrogen-bond donors (Lipinski definition) is 0. The van der Waals surface area contributed by atoms with E-state index in [2.05, 4.69) is 0 Å². The zero-order chi connectivity index (χ0) is 15.3. The molecule has 0 amide bonds. The molecule has 1 heterocycles. The molecule has 0 bridgehead atoms. The second kappa shape index (κ2) is 5.81. The maximum Gasteiger partial charge on any atom is 0.600 e. The molecular weight excluding hydrogens is 317 g/mol. The molecule has 1 atom stereocenters. The van der Waals surface area contributed by atoms with Crippen molar-refractivity contribution in [2.75, 3.05) is 0 Å². The van der Waals surface area contributed by atoms with E-state index in [4.69, 9.17) is 0 Å². The van der Waals surface area contributed by atoms with E-state index in [0.29, 0.717) is 9.58 Å². The van der Waals surface area contributed by atoms with Gasteiger partial charge in [-0.05, 0) is 17.0 Å². The fourth-order valence-corrected chi connectivity index (χ4v) is 4.39. The lowest BCUT2D eigenvalue weighted by Crippen LogP contribution is -3.00. The van der Waals surface area contributed by atoms with Crippen LogP contribution in [0.4, 0.5) is 13.2 Å². The summed E-state index contributed by atoms with van der Waals surface area (Å²) < 4.78 is 40.8. The molecule has 0 saturated heterocycles. The van der Waals surface area contributed by atoms with Crippen molar-refractivity contribution in [3.63, 3.8) is 0 Å². The molecule has 0 aliphatic rings. The number of halogens is 4. The predicted molar refractivity (Wildman–Crippen MR) is 80.5 cm³/mol. The van der Waals surface area contributed by atoms with E-state index >= 15 is 0 Å². The first-order chi connectivity index (χ1) is 9.01. The molecule has 0 N–H and O–H groups in total. The maximum atomic E-state index is 13.4. The molecule has 2 aromatic rings. The zero-order valence-electron chi connectivity index (χ0n) is 12.8. The topological polar surface area (TPSA) is 0 Å². The fourth-order valence-electron chi connectivity index (χ4n) is 2.30. The Bertz CT molecular complexity index is 633. The molecule has 0 saturated carbocycles. The van der Waals surface area contributed by atoms with E-state index in [1.54, 1.807) is 12.1 Å². The molecule has 0 aliphatic heterocycles. The van der Waals surface area contributed by atoms with Gasteiger partial charge in [0.05, 0.1) is 10.5 Å². The van der Waals surface area contributed by atoms with Crippen LogP contribution >= 0.6 is 10.5 Å². The number of rotatable bonds is 1. The lowest BCUT2D eigenvalue weighted by atomic mass is 9.87. The predicted octanol–water partition coefficient (Wildman–Crippen LogP) is 3.49. The van der Waals surface area contributed by atoms with Crippen molar-refractivity contribution in [2.45, 2.75) is 51.5 Å². The molecule has 1 aromatic heterocycles. The third-order valence-electron chi connectivity index (χ3n) is 3.43. The smallest absolute Gasteiger partial charge is 0.600 e. The molecule has 0 fully saturated rings. The van der Waals surface area contributed by atoms with Gasteiger partial charge in [-0.2, -0.15) is 0 Å². The summed E-state index contributed by atoms with van der Waals surface area (Å²) in [6.07, 6.45) is 0. The SMILES string of the molecule is CC(C)c1cc2ccc(C(C)(C)C)cc2[s+]1C(F)(F)F.[Cl-]. The van der Waals surface area contributed by atoms with Gasteiger partial charge in [0.2, 0.25) is 0 Å². The Morgan fingerprint density at radius 1 is 1.00 bits per heavy atom. The lowest BCUT2D eigenvalue weighted by Gasteiger charge is -2.18. The van der Waals surface area contributed by atoms with Crippen LogP contribution < -0.4 is 12.4 Å². The minimum Gasteiger partial charge on any atom is -1.00 e. The normalized spacial score (nSPS) is 13.7. The lowest BCUT2D eigenvalue weighted by molar-refractivity contribution is -0.0868. The van der Waals surface area contributed by atoms with E-state index in [-0.39, 0.29) is 23.7 Å². The van der Waals surface area contributed by atoms with Gasteiger partial charge in [-0.25, -0.2) is 0 Å². The molecule has 0 spiro atoms. The molecule has 0 aliphatic carbocycles. The largest absolute Gasteiger partial charge is 1.00 e. The average molecular weight is 337 g/mol. The molecule has 2 rings (SSSR count). The van der Waals surface area contributed by atoms with Crippen molar-refractivity contribution in [3.05, 3.63) is 34.7 Å². The summed E-state index contributed by atoms with van der Waals surface area (Å²) in [4.78, 5) is 0.499. The summed E-state index contributed by atoms with van der Waals surface area (Å²) in [6.45, 7) is 9.72. The Labute approximate surface area is 132 Å². The number of alkyl halides is 3. The van der Waals surface area contributed by atoms with E-state index in [1.807, 2.05) is 46.8 Å². The summed E-state index contributed by atoms with van der Waals surface area (Å²) in [5.74, 6) is -0.0922. The van der Waals surface area contributed by atoms with Gasteiger partial charge in [-0.1, -0.05) is 40.7 Å². The first-order valence-electron chi connectivity index (χ1n) is 6.69. The zero-order valence-corrected chi connectivity index (χ0v) is 14.4. The number of thiophene rings is 1. The van der Waals surface area contributed by atoms with Crippen LogP contribution in [0.5, 0.6) is 0 Å². The van der Waals surface area contributed by atoms with Crippen LogP contribution in [0.25, 0.3) is 10.1 Å². The monoisotopic (exact) mass is 336 g/mol. The van der Waals surface area contributed by atoms with Crippen molar-refractivity contribution >= 4 is 20.6 Å². The quantitative estimate of drug-likeness (QED) is 0.699. The first-order valence-corrected chi connectivity index (χ1v) is 7.91. The second-order valence-corrected chi connectivity index (χ2v) is 8.44. The average Bonchev–Trinajstić information content (AvgIpc) is 2.65. The highest BCUT2D eigenvalue weighted by molar-refractivity contribution is 7.38. The van der Waals surface area contributed by atoms with Crippen molar-refractivity contribution in [3.8, 4) is 0 Å². The highest BCUT2D eigenvalue weighted by Gasteiger charge is 2.48. The van der Waals surface area contributed by atoms with Gasteiger partial charge in [-0.15, -0.1) is 13.2 Å². The van der Waals surface area contributed by atoms with Gasteiger partial charge in [0, 0.05) is 23.4 Å². The van der Waals surface area contributed by atoms with Crippen molar-refractivity contribution in [1.29, 1.82) is 0 Å². The Hall–Kier alpha value is -0.740. The second-order valence-electron chi connectivity index (χ2n) is 6.46. The van der Waals surface area contributed by atoms with Crippen LogP contribution in [0.1, 0.15) is 51.0 Å². The van der Waals surface area contributed by atoms with E-state index in [1.165, 1.54) is 0 Å². The Morgan fingerprint density at radius 3 is 2.00 bits per heavy atom. The van der Waals surface area contributed by atoms with Crippen molar-refractivity contribution < 1.29 is 25.6 Å². The summed E-state index contributed by atoms with van der Waals surface area (Å²) in [6, 6.07) is 7.24. The van der Waals surface area contributed by atoms with E-state index in [9.17, 15) is 13.2 Å². The van der Waals surface area contributed by atoms with Crippen LogP contribution in [0.2, 0.25) is 0 Å². The van der Waals surface area contributed by atoms with E-state index in [0.717, 1.165) is 10.9 Å². The number of benzene rings is 1. The van der Waals surface area contributed by atoms with Gasteiger partial charge in [-0.3, -0.25) is 0 Å². The van der Waals surface area contributed by atoms with Crippen LogP contribution in [0, 0.1) is 0 Å². The summed E-state index contributed by atoms with van der Waals surface area (Å²) >= 11 is 0. The number of hydrogen-bond acceptors (Lipinski definition) is 0. The minimum atomic E-state index is -4.20. The van der Waals surface area contributed by atoms with E-state index < -0.39 is 16.0 Å². The number of fused-ring (bicyclic) bond motifs is 1. The molecule has 0 radical (unpaired) electrons. The van der Waals surface area contributed by atoms with Crippen LogP contribution in [0.3, 0.4) is 0 Å². The third kappa shape index (κ3) is 3.54. The third-order valence-corrected chi connectivity index (χ3v) is 5.75. The van der Waals surface area contributed by atoms with Crippen LogP contribution in [-0.4, -0.2) is 0 Å². The molecule has 118 valence electrons. The first kappa shape index (κ1) is 18.3. The fraction of sp³-hybridized carbons (Fsp3) is 0.500. The van der Waals surface area contributed by atoms with Gasteiger partial charge < -0.3 is 12.4 Å². The Balaban J connectivity index is 0.00000220. The van der Waals surface area contributed by atoms with Crippen molar-refractivity contribution in [1.82, 2.24) is 0 Å². The van der Waals surface area contributed by atoms with Gasteiger partial charge >= 0.3 is 5.51 Å². The minimum absolute atomic E-state index is 0. The van der Waals surface area contributed by atoms with Crippen LogP contribution in [-0.2, 0) is 10.9 Å². The van der Waals surface area contributed by atoms with Gasteiger partial charge in [0.25, 0.3) is 0 Å². The molecule has 21 heavy (non-hydrogen) atoms. The Morgan fingerprint density at radius 2 is 1.57 bits per heavy atom. The summed E-state index contributed by atoms with van der Waals surface area (Å²) in [5.41, 5.74) is -3.38. The molecule has 0 nitrogen and oxygen atoms in total. The highest BCUT2D eigenvalue weighted by atomic mass is 35.5. The molecule has 5 heteroatoms. The molecular formula is C16H20ClF3S. The Kier molecular flexibility index (Phi) is 5.06.